The Morgan fingerprint density at radius 1 is 0.850 bits per heavy atom. The molecule has 5 nitrogen and oxygen atoms in total. The second kappa shape index (κ2) is 12.2. The summed E-state index contributed by atoms with van der Waals surface area (Å²) in [6, 6.07) is 26.0. The standard InChI is InChI=1S/C33H32F2N4O/c1-3-38(4-2)19-20-39-30-8-6-5-7-28(30)32(24-11-16-27(35)17-12-24)37-29-21-25(13-18-31(29)39)33(40)36-22-23-9-14-26(34)15-10-23/h5-18,21H,3-4,19-20,22H2,1-2H3,(H,36,40). The number of rotatable bonds is 9. The molecule has 7 heteroatoms. The summed E-state index contributed by atoms with van der Waals surface area (Å²) in [5.41, 5.74) is 6.27. The molecule has 0 atom stereocenters. The van der Waals surface area contributed by atoms with Gasteiger partial charge in [0.25, 0.3) is 5.91 Å². The number of carbonyl (C=O) groups excluding carboxylic acids is 1. The van der Waals surface area contributed by atoms with Crippen LogP contribution in [-0.2, 0) is 6.54 Å². The van der Waals surface area contributed by atoms with Crippen LogP contribution in [0.2, 0.25) is 0 Å². The molecule has 1 aliphatic heterocycles. The molecule has 0 aromatic heterocycles. The minimum Gasteiger partial charge on any atom is -0.348 e. The van der Waals surface area contributed by atoms with Crippen LogP contribution in [-0.4, -0.2) is 42.7 Å². The second-order valence-corrected chi connectivity index (χ2v) is 9.68. The van der Waals surface area contributed by atoms with Gasteiger partial charge in [-0.2, -0.15) is 0 Å². The highest BCUT2D eigenvalue weighted by atomic mass is 19.1. The molecule has 40 heavy (non-hydrogen) atoms. The number of anilines is 2. The van der Waals surface area contributed by atoms with Crippen LogP contribution < -0.4 is 10.2 Å². The number of para-hydroxylation sites is 1. The van der Waals surface area contributed by atoms with Crippen molar-refractivity contribution in [3.63, 3.8) is 0 Å². The molecule has 0 radical (unpaired) electrons. The summed E-state index contributed by atoms with van der Waals surface area (Å²) < 4.78 is 27.1. The lowest BCUT2D eigenvalue weighted by atomic mass is 10.00. The van der Waals surface area contributed by atoms with Crippen LogP contribution in [0.3, 0.4) is 0 Å². The van der Waals surface area contributed by atoms with E-state index in [2.05, 4.69) is 35.0 Å². The molecule has 4 aromatic carbocycles. The average Bonchev–Trinajstić information content (AvgIpc) is 3.12. The molecule has 0 saturated carbocycles. The summed E-state index contributed by atoms with van der Waals surface area (Å²) in [6.45, 7) is 8.07. The lowest BCUT2D eigenvalue weighted by molar-refractivity contribution is 0.0951. The van der Waals surface area contributed by atoms with Crippen molar-refractivity contribution in [3.05, 3.63) is 125 Å². The average molecular weight is 539 g/mol. The molecule has 5 rings (SSSR count). The van der Waals surface area contributed by atoms with E-state index < -0.39 is 0 Å². The zero-order valence-corrected chi connectivity index (χ0v) is 22.7. The predicted molar refractivity (Wildman–Crippen MR) is 157 cm³/mol. The van der Waals surface area contributed by atoms with Gasteiger partial charge in [-0.3, -0.25) is 4.79 Å². The maximum atomic E-state index is 13.8. The first-order valence-corrected chi connectivity index (χ1v) is 13.6. The SMILES string of the molecule is CCN(CC)CCN1c2ccc(C(=O)NCc3ccc(F)cc3)cc2N=C(c2ccc(F)cc2)c2ccccc21. The summed E-state index contributed by atoms with van der Waals surface area (Å²) in [5, 5.41) is 2.92. The third-order valence-corrected chi connectivity index (χ3v) is 7.23. The summed E-state index contributed by atoms with van der Waals surface area (Å²) in [6.07, 6.45) is 0. The van der Waals surface area contributed by atoms with Gasteiger partial charge < -0.3 is 15.1 Å². The van der Waals surface area contributed by atoms with Gasteiger partial charge in [-0.05, 0) is 79.3 Å². The van der Waals surface area contributed by atoms with Gasteiger partial charge in [-0.25, -0.2) is 13.8 Å². The van der Waals surface area contributed by atoms with Crippen molar-refractivity contribution in [1.82, 2.24) is 10.2 Å². The molecule has 1 N–H and O–H groups in total. The molecular weight excluding hydrogens is 506 g/mol. The van der Waals surface area contributed by atoms with E-state index in [1.165, 1.54) is 24.3 Å². The number of amides is 1. The van der Waals surface area contributed by atoms with E-state index in [0.717, 1.165) is 54.2 Å². The van der Waals surface area contributed by atoms with Crippen LogP contribution in [0.25, 0.3) is 0 Å². The molecular formula is C33H32F2N4O. The first-order valence-electron chi connectivity index (χ1n) is 13.6. The number of likely N-dealkylation sites (N-methyl/N-ethyl adjacent to an activating group) is 1. The molecule has 0 unspecified atom stereocenters. The molecule has 0 saturated heterocycles. The number of aliphatic imine (C=N–C) groups is 1. The Morgan fingerprint density at radius 2 is 1.52 bits per heavy atom. The normalized spacial score (nSPS) is 12.4. The fraction of sp³-hybridized carbons (Fsp3) is 0.212. The zero-order chi connectivity index (χ0) is 28.1. The fourth-order valence-corrected chi connectivity index (χ4v) is 4.94. The van der Waals surface area contributed by atoms with Crippen molar-refractivity contribution in [2.24, 2.45) is 4.99 Å². The Kier molecular flexibility index (Phi) is 8.31. The number of hydrogen-bond donors (Lipinski definition) is 1. The highest BCUT2D eigenvalue weighted by Gasteiger charge is 2.25. The van der Waals surface area contributed by atoms with Crippen LogP contribution in [0, 0.1) is 11.6 Å². The number of hydrogen-bond acceptors (Lipinski definition) is 4. The van der Waals surface area contributed by atoms with Crippen LogP contribution in [0.1, 0.15) is 40.9 Å². The number of nitrogens with one attached hydrogen (secondary N) is 1. The molecule has 1 heterocycles. The molecule has 1 aliphatic rings. The van der Waals surface area contributed by atoms with E-state index in [0.29, 0.717) is 17.0 Å². The highest BCUT2D eigenvalue weighted by molar-refractivity contribution is 6.19. The third-order valence-electron chi connectivity index (χ3n) is 7.23. The monoisotopic (exact) mass is 538 g/mol. The zero-order valence-electron chi connectivity index (χ0n) is 22.7. The number of halogens is 2. The lowest BCUT2D eigenvalue weighted by Crippen LogP contribution is -2.33. The van der Waals surface area contributed by atoms with E-state index >= 15 is 0 Å². The van der Waals surface area contributed by atoms with Gasteiger partial charge in [0.15, 0.2) is 0 Å². The molecule has 4 aromatic rings. The summed E-state index contributed by atoms with van der Waals surface area (Å²) in [5.74, 6) is -0.878. The number of fused-ring (bicyclic) bond motifs is 2. The van der Waals surface area contributed by atoms with E-state index in [1.54, 1.807) is 30.3 Å². The van der Waals surface area contributed by atoms with Gasteiger partial charge in [-0.15, -0.1) is 0 Å². The molecule has 0 spiro atoms. The minimum absolute atomic E-state index is 0.248. The Balaban J connectivity index is 1.55. The lowest BCUT2D eigenvalue weighted by Gasteiger charge is -2.29. The summed E-state index contributed by atoms with van der Waals surface area (Å²) >= 11 is 0. The molecule has 204 valence electrons. The fourth-order valence-electron chi connectivity index (χ4n) is 4.94. The number of nitrogens with zero attached hydrogens (tertiary/aromatic N) is 3. The molecule has 0 fully saturated rings. The van der Waals surface area contributed by atoms with Crippen LogP contribution in [0.5, 0.6) is 0 Å². The molecule has 0 aliphatic carbocycles. The van der Waals surface area contributed by atoms with Crippen molar-refractivity contribution < 1.29 is 13.6 Å². The van der Waals surface area contributed by atoms with Crippen molar-refractivity contribution in [1.29, 1.82) is 0 Å². The van der Waals surface area contributed by atoms with Crippen molar-refractivity contribution in [2.75, 3.05) is 31.1 Å². The molecule has 0 bridgehead atoms. The van der Waals surface area contributed by atoms with Gasteiger partial charge >= 0.3 is 0 Å². The van der Waals surface area contributed by atoms with E-state index in [1.807, 2.05) is 30.3 Å². The Hall–Kier alpha value is -4.36. The van der Waals surface area contributed by atoms with E-state index in [-0.39, 0.29) is 24.1 Å². The second-order valence-electron chi connectivity index (χ2n) is 9.68. The van der Waals surface area contributed by atoms with Gasteiger partial charge in [0.05, 0.1) is 22.8 Å². The first kappa shape index (κ1) is 27.2. The van der Waals surface area contributed by atoms with Crippen molar-refractivity contribution >= 4 is 28.7 Å². The maximum absolute atomic E-state index is 13.8. The van der Waals surface area contributed by atoms with Crippen LogP contribution >= 0.6 is 0 Å². The Bertz CT molecular complexity index is 1510. The van der Waals surface area contributed by atoms with E-state index in [9.17, 15) is 13.6 Å². The summed E-state index contributed by atoms with van der Waals surface area (Å²) in [4.78, 5) is 22.8. The Morgan fingerprint density at radius 3 is 2.23 bits per heavy atom. The van der Waals surface area contributed by atoms with Gasteiger partial charge in [0.1, 0.15) is 11.6 Å². The third kappa shape index (κ3) is 5.95. The quantitative estimate of drug-likeness (QED) is 0.253. The van der Waals surface area contributed by atoms with E-state index in [4.69, 9.17) is 4.99 Å². The minimum atomic E-state index is -0.317. The predicted octanol–water partition coefficient (Wildman–Crippen LogP) is 6.86. The van der Waals surface area contributed by atoms with Gasteiger partial charge in [0, 0.05) is 36.3 Å². The number of benzene rings is 4. The van der Waals surface area contributed by atoms with Gasteiger partial charge in [-0.1, -0.05) is 44.2 Å². The largest absolute Gasteiger partial charge is 0.348 e. The molecule has 1 amide bonds. The summed E-state index contributed by atoms with van der Waals surface area (Å²) in [7, 11) is 0. The van der Waals surface area contributed by atoms with Crippen molar-refractivity contribution in [2.45, 2.75) is 20.4 Å². The topological polar surface area (TPSA) is 47.9 Å². The first-order chi connectivity index (χ1) is 19.5. The smallest absolute Gasteiger partial charge is 0.251 e. The van der Waals surface area contributed by atoms with Gasteiger partial charge in [0.2, 0.25) is 0 Å². The number of carbonyl (C=O) groups is 1. The highest BCUT2D eigenvalue weighted by Crippen LogP contribution is 2.41. The van der Waals surface area contributed by atoms with Crippen molar-refractivity contribution in [3.8, 4) is 0 Å². The van der Waals surface area contributed by atoms with Crippen LogP contribution in [0.4, 0.5) is 25.8 Å². The maximum Gasteiger partial charge on any atom is 0.251 e. The van der Waals surface area contributed by atoms with Crippen LogP contribution in [0.15, 0.2) is 96.0 Å². The Labute approximate surface area is 233 Å².